The number of nitrogens with one attached hydrogen (secondary N) is 1. The lowest BCUT2D eigenvalue weighted by molar-refractivity contribution is -0.123. The monoisotopic (exact) mass is 442 g/mol. The summed E-state index contributed by atoms with van der Waals surface area (Å²) in [7, 11) is 0. The highest BCUT2D eigenvalue weighted by Crippen LogP contribution is 2.30. The third kappa shape index (κ3) is 4.55. The summed E-state index contributed by atoms with van der Waals surface area (Å²) in [6.07, 6.45) is -1.04. The van der Waals surface area contributed by atoms with Crippen LogP contribution >= 0.6 is 15.9 Å². The molecule has 3 rings (SSSR count). The van der Waals surface area contributed by atoms with Crippen LogP contribution in [0.2, 0.25) is 0 Å². The van der Waals surface area contributed by atoms with Crippen molar-refractivity contribution in [1.29, 1.82) is 0 Å². The van der Waals surface area contributed by atoms with E-state index in [4.69, 9.17) is 10.5 Å². The molecule has 0 fully saturated rings. The minimum Gasteiger partial charge on any atom is -0.475 e. The lowest BCUT2D eigenvalue weighted by Gasteiger charge is -2.20. The first-order valence-electron chi connectivity index (χ1n) is 8.32. The molecule has 3 aromatic carbocycles. The Balaban J connectivity index is 1.92. The van der Waals surface area contributed by atoms with Gasteiger partial charge in [-0.05, 0) is 46.3 Å². The quantitative estimate of drug-likeness (QED) is 0.591. The highest BCUT2D eigenvalue weighted by molar-refractivity contribution is 9.10. The minimum atomic E-state index is -1.04. The van der Waals surface area contributed by atoms with Gasteiger partial charge in [-0.2, -0.15) is 0 Å². The molecule has 1 atom stereocenters. The van der Waals surface area contributed by atoms with E-state index >= 15 is 0 Å². The third-order valence-electron chi connectivity index (χ3n) is 3.93. The molecule has 0 spiro atoms. The van der Waals surface area contributed by atoms with Crippen LogP contribution in [0.5, 0.6) is 5.75 Å². The topological polar surface area (TPSA) is 81.4 Å². The van der Waals surface area contributed by atoms with Crippen molar-refractivity contribution in [1.82, 2.24) is 0 Å². The van der Waals surface area contributed by atoms with Crippen LogP contribution in [0.4, 0.5) is 10.1 Å². The molecule has 5 nitrogen and oxygen atoms in total. The fraction of sp³-hybridized carbons (Fsp3) is 0.0476. The lowest BCUT2D eigenvalue weighted by atomic mass is 10.1. The van der Waals surface area contributed by atoms with Gasteiger partial charge in [0.05, 0.1) is 10.2 Å². The number of hydrogen-bond acceptors (Lipinski definition) is 3. The molecule has 0 bridgehead atoms. The van der Waals surface area contributed by atoms with E-state index in [1.54, 1.807) is 42.5 Å². The van der Waals surface area contributed by atoms with Crippen LogP contribution in [0.3, 0.4) is 0 Å². The highest BCUT2D eigenvalue weighted by atomic mass is 79.9. The van der Waals surface area contributed by atoms with Gasteiger partial charge in [-0.25, -0.2) is 4.39 Å². The van der Waals surface area contributed by atoms with Gasteiger partial charge in [0.25, 0.3) is 5.91 Å². The van der Waals surface area contributed by atoms with Crippen molar-refractivity contribution < 1.29 is 18.7 Å². The van der Waals surface area contributed by atoms with Gasteiger partial charge >= 0.3 is 0 Å². The van der Waals surface area contributed by atoms with Crippen molar-refractivity contribution in [3.05, 3.63) is 94.2 Å². The Morgan fingerprint density at radius 3 is 2.36 bits per heavy atom. The first-order valence-corrected chi connectivity index (χ1v) is 9.11. The molecule has 142 valence electrons. The first-order chi connectivity index (χ1) is 13.5. The van der Waals surface area contributed by atoms with Crippen LogP contribution in [0.15, 0.2) is 77.3 Å². The molecule has 0 aliphatic rings. The molecule has 0 aliphatic heterocycles. The number of primary amides is 1. The van der Waals surface area contributed by atoms with E-state index in [1.807, 2.05) is 12.1 Å². The van der Waals surface area contributed by atoms with Gasteiger partial charge in [0, 0.05) is 11.1 Å². The summed E-state index contributed by atoms with van der Waals surface area (Å²) in [5.41, 5.74) is 5.74. The number of carbonyl (C=O) groups is 2. The van der Waals surface area contributed by atoms with Crippen molar-refractivity contribution in [2.45, 2.75) is 6.10 Å². The van der Waals surface area contributed by atoms with Gasteiger partial charge in [0.15, 0.2) is 0 Å². The second kappa shape index (κ2) is 8.67. The molecule has 3 aromatic rings. The molecular weight excluding hydrogens is 427 g/mol. The third-order valence-corrected chi connectivity index (χ3v) is 4.59. The van der Waals surface area contributed by atoms with Crippen LogP contribution < -0.4 is 15.8 Å². The Kier molecular flexibility index (Phi) is 6.06. The number of carbonyl (C=O) groups excluding carboxylic acids is 2. The minimum absolute atomic E-state index is 0.0830. The number of hydrogen-bond donors (Lipinski definition) is 2. The fourth-order valence-corrected chi connectivity index (χ4v) is 2.92. The second-order valence-electron chi connectivity index (χ2n) is 5.89. The molecule has 0 heterocycles. The van der Waals surface area contributed by atoms with Gasteiger partial charge in [0.2, 0.25) is 12.0 Å². The van der Waals surface area contributed by atoms with Crippen LogP contribution in [-0.2, 0) is 4.79 Å². The van der Waals surface area contributed by atoms with Gasteiger partial charge in [-0.1, -0.05) is 42.5 Å². The molecular formula is C21H16BrFN2O3. The van der Waals surface area contributed by atoms with Crippen molar-refractivity contribution in [2.24, 2.45) is 5.73 Å². The largest absolute Gasteiger partial charge is 0.475 e. The number of anilines is 1. The maximum atomic E-state index is 14.1. The summed E-state index contributed by atoms with van der Waals surface area (Å²) in [5.74, 6) is -1.55. The van der Waals surface area contributed by atoms with Gasteiger partial charge in [0.1, 0.15) is 11.6 Å². The molecule has 2 amide bonds. The zero-order valence-electron chi connectivity index (χ0n) is 14.6. The summed E-state index contributed by atoms with van der Waals surface area (Å²) in [5, 5.41) is 2.48. The standard InChI is InChI=1S/C21H16BrFN2O3/c22-15-8-4-5-9-18(15)28-19(13-6-2-1-3-7-13)21(27)25-17-12-14(20(24)26)10-11-16(17)23/h1-12,19H,(H2,24,26)(H,25,27). The molecule has 0 radical (unpaired) electrons. The fourth-order valence-electron chi connectivity index (χ4n) is 2.54. The summed E-state index contributed by atoms with van der Waals surface area (Å²) in [4.78, 5) is 24.3. The number of para-hydroxylation sites is 1. The highest BCUT2D eigenvalue weighted by Gasteiger charge is 2.24. The summed E-state index contributed by atoms with van der Waals surface area (Å²) in [6.45, 7) is 0. The predicted molar refractivity (Wildman–Crippen MR) is 108 cm³/mol. The van der Waals surface area contributed by atoms with E-state index < -0.39 is 23.7 Å². The Morgan fingerprint density at radius 1 is 1.00 bits per heavy atom. The number of benzene rings is 3. The lowest BCUT2D eigenvalue weighted by Crippen LogP contribution is -2.26. The maximum absolute atomic E-state index is 14.1. The van der Waals surface area contributed by atoms with Crippen LogP contribution in [0.1, 0.15) is 22.0 Å². The van der Waals surface area contributed by atoms with Gasteiger partial charge in [-0.15, -0.1) is 0 Å². The normalized spacial score (nSPS) is 11.5. The predicted octanol–water partition coefficient (Wildman–Crippen LogP) is 4.45. The number of ether oxygens (including phenoxy) is 1. The number of amides is 2. The van der Waals surface area contributed by atoms with Crippen LogP contribution in [-0.4, -0.2) is 11.8 Å². The molecule has 28 heavy (non-hydrogen) atoms. The van der Waals surface area contributed by atoms with E-state index in [0.717, 1.165) is 6.07 Å². The number of nitrogens with two attached hydrogens (primary N) is 1. The Hall–Kier alpha value is -3.19. The van der Waals surface area contributed by atoms with Gasteiger partial charge in [-0.3, -0.25) is 9.59 Å². The first kappa shape index (κ1) is 19.6. The second-order valence-corrected chi connectivity index (χ2v) is 6.74. The Labute approximate surface area is 169 Å². The summed E-state index contributed by atoms with van der Waals surface area (Å²) in [6, 6.07) is 19.4. The SMILES string of the molecule is NC(=O)c1ccc(F)c(NC(=O)C(Oc2ccccc2Br)c2ccccc2)c1. The molecule has 3 N–H and O–H groups in total. The van der Waals surface area contributed by atoms with E-state index in [-0.39, 0.29) is 11.3 Å². The number of halogens is 2. The summed E-state index contributed by atoms with van der Waals surface area (Å²) >= 11 is 3.38. The molecule has 7 heteroatoms. The summed E-state index contributed by atoms with van der Waals surface area (Å²) < 4.78 is 20.7. The van der Waals surface area contributed by atoms with Crippen molar-refractivity contribution in [3.63, 3.8) is 0 Å². The average molecular weight is 443 g/mol. The van der Waals surface area contributed by atoms with E-state index in [9.17, 15) is 14.0 Å². The van der Waals surface area contributed by atoms with Crippen LogP contribution in [0.25, 0.3) is 0 Å². The van der Waals surface area contributed by atoms with Crippen molar-refractivity contribution in [2.75, 3.05) is 5.32 Å². The molecule has 0 saturated carbocycles. The maximum Gasteiger partial charge on any atom is 0.270 e. The van der Waals surface area contributed by atoms with Gasteiger partial charge < -0.3 is 15.8 Å². The van der Waals surface area contributed by atoms with Crippen LogP contribution in [0, 0.1) is 5.82 Å². The van der Waals surface area contributed by atoms with Crippen molar-refractivity contribution in [3.8, 4) is 5.75 Å². The zero-order chi connectivity index (χ0) is 20.1. The smallest absolute Gasteiger partial charge is 0.270 e. The number of rotatable bonds is 6. The van der Waals surface area contributed by atoms with Crippen molar-refractivity contribution >= 4 is 33.4 Å². The average Bonchev–Trinajstić information content (AvgIpc) is 2.69. The molecule has 0 saturated heterocycles. The molecule has 1 unspecified atom stereocenters. The molecule has 0 aliphatic carbocycles. The Bertz CT molecular complexity index is 1010. The van der Waals surface area contributed by atoms with E-state index in [1.165, 1.54) is 12.1 Å². The van der Waals surface area contributed by atoms with E-state index in [2.05, 4.69) is 21.2 Å². The van der Waals surface area contributed by atoms with E-state index in [0.29, 0.717) is 15.8 Å². The zero-order valence-corrected chi connectivity index (χ0v) is 16.1. The molecule has 0 aromatic heterocycles. The Morgan fingerprint density at radius 2 is 1.68 bits per heavy atom.